The van der Waals surface area contributed by atoms with Gasteiger partial charge < -0.3 is 5.32 Å². The Morgan fingerprint density at radius 3 is 2.90 bits per heavy atom. The summed E-state index contributed by atoms with van der Waals surface area (Å²) in [7, 11) is 0. The molecule has 5 rings (SSSR count). The quantitative estimate of drug-likeness (QED) is 0.674. The predicted octanol–water partition coefficient (Wildman–Crippen LogP) is 5.54. The second-order valence-corrected chi connectivity index (χ2v) is 10.2. The number of hydrogen-bond acceptors (Lipinski definition) is 2. The molecule has 1 aromatic rings. The van der Waals surface area contributed by atoms with E-state index in [0.29, 0.717) is 17.4 Å². The first kappa shape index (κ1) is 19.1. The average Bonchev–Trinajstić information content (AvgIpc) is 2.86. The van der Waals surface area contributed by atoms with E-state index in [1.54, 1.807) is 18.1 Å². The smallest absolute Gasteiger partial charge is 0.217 e. The third-order valence-electron chi connectivity index (χ3n) is 8.69. The van der Waals surface area contributed by atoms with Crippen LogP contribution in [0.25, 0.3) is 5.57 Å². The highest BCUT2D eigenvalue weighted by Crippen LogP contribution is 2.59. The molecule has 154 valence electrons. The minimum Gasteiger partial charge on any atom is -0.353 e. The first-order valence-electron chi connectivity index (χ1n) is 11.6. The molecule has 0 radical (unpaired) electrons. The lowest BCUT2D eigenvalue weighted by Gasteiger charge is -2.52. The maximum absolute atomic E-state index is 11.6. The summed E-state index contributed by atoms with van der Waals surface area (Å²) >= 11 is 0. The minimum absolute atomic E-state index is 0.116. The summed E-state index contributed by atoms with van der Waals surface area (Å²) in [6.45, 7) is 4.20. The Morgan fingerprint density at radius 1 is 1.21 bits per heavy atom. The molecule has 2 fully saturated rings. The number of rotatable bonds is 2. The molecule has 1 heterocycles. The number of aromatic nitrogens is 1. The van der Waals surface area contributed by atoms with Crippen LogP contribution in [0.3, 0.4) is 0 Å². The maximum Gasteiger partial charge on any atom is 0.217 e. The van der Waals surface area contributed by atoms with Gasteiger partial charge in [0.15, 0.2) is 0 Å². The van der Waals surface area contributed by atoms with Crippen molar-refractivity contribution in [1.29, 1.82) is 0 Å². The Balaban J connectivity index is 1.38. The maximum atomic E-state index is 11.6. The van der Waals surface area contributed by atoms with E-state index in [4.69, 9.17) is 0 Å². The SMILES string of the molecule is CC(=O)N[C@@H]1CC[C@@]2(C)C(=CC[C@H]3[C@@H]4CC=C(c5cccnc5)[C@H](CC[C@@H]32)C4)C1. The van der Waals surface area contributed by atoms with Crippen molar-refractivity contribution >= 4 is 11.5 Å². The normalized spacial score (nSPS) is 38.6. The van der Waals surface area contributed by atoms with Gasteiger partial charge in [0.1, 0.15) is 0 Å². The van der Waals surface area contributed by atoms with Gasteiger partial charge in [-0.2, -0.15) is 0 Å². The zero-order chi connectivity index (χ0) is 20.0. The van der Waals surface area contributed by atoms with Gasteiger partial charge in [-0.15, -0.1) is 0 Å². The van der Waals surface area contributed by atoms with E-state index < -0.39 is 0 Å². The van der Waals surface area contributed by atoms with E-state index in [0.717, 1.165) is 30.6 Å². The molecule has 29 heavy (non-hydrogen) atoms. The molecule has 0 saturated heterocycles. The molecular formula is C26H34N2O. The summed E-state index contributed by atoms with van der Waals surface area (Å²) in [5.74, 6) is 3.28. The zero-order valence-corrected chi connectivity index (χ0v) is 17.9. The van der Waals surface area contributed by atoms with Crippen molar-refractivity contribution < 1.29 is 4.79 Å². The lowest BCUT2D eigenvalue weighted by atomic mass is 9.54. The summed E-state index contributed by atoms with van der Waals surface area (Å²) < 4.78 is 0. The van der Waals surface area contributed by atoms with Crippen LogP contribution in [0.4, 0.5) is 0 Å². The largest absolute Gasteiger partial charge is 0.353 e. The second-order valence-electron chi connectivity index (χ2n) is 10.2. The lowest BCUT2D eigenvalue weighted by Crippen LogP contribution is -2.47. The number of hydrogen-bond donors (Lipinski definition) is 1. The summed E-state index contributed by atoms with van der Waals surface area (Å²) in [6.07, 6.45) is 19.0. The highest BCUT2D eigenvalue weighted by Gasteiger charge is 2.50. The molecule has 4 aliphatic rings. The molecule has 2 bridgehead atoms. The van der Waals surface area contributed by atoms with Crippen molar-refractivity contribution in [1.82, 2.24) is 10.3 Å². The van der Waals surface area contributed by atoms with Crippen molar-refractivity contribution in [2.75, 3.05) is 0 Å². The van der Waals surface area contributed by atoms with Crippen LogP contribution in [0, 0.1) is 29.1 Å². The Morgan fingerprint density at radius 2 is 2.10 bits per heavy atom. The van der Waals surface area contributed by atoms with Crippen molar-refractivity contribution in [3.8, 4) is 0 Å². The number of carbonyl (C=O) groups excluding carboxylic acids is 1. The number of carbonyl (C=O) groups is 1. The molecule has 1 amide bonds. The van der Waals surface area contributed by atoms with Crippen molar-refractivity contribution in [3.05, 3.63) is 47.8 Å². The topological polar surface area (TPSA) is 42.0 Å². The van der Waals surface area contributed by atoms with E-state index in [1.807, 2.05) is 12.4 Å². The Bertz CT molecular complexity index is 842. The first-order chi connectivity index (χ1) is 14.0. The molecule has 3 heteroatoms. The Hall–Kier alpha value is -1.90. The number of nitrogens with one attached hydrogen (secondary N) is 1. The fourth-order valence-electron chi connectivity index (χ4n) is 7.28. The van der Waals surface area contributed by atoms with Crippen molar-refractivity contribution in [3.63, 3.8) is 0 Å². The molecular weight excluding hydrogens is 356 g/mol. The van der Waals surface area contributed by atoms with Crippen molar-refractivity contribution in [2.45, 2.75) is 71.3 Å². The molecule has 0 spiro atoms. The van der Waals surface area contributed by atoms with Gasteiger partial charge in [-0.25, -0.2) is 0 Å². The first-order valence-corrected chi connectivity index (χ1v) is 11.6. The van der Waals surface area contributed by atoms with Crippen molar-refractivity contribution in [2.24, 2.45) is 29.1 Å². The molecule has 1 aromatic heterocycles. The van der Waals surface area contributed by atoms with Crippen LogP contribution in [-0.4, -0.2) is 16.9 Å². The number of allylic oxidation sites excluding steroid dienone is 3. The van der Waals surface area contributed by atoms with Gasteiger partial charge in [0.05, 0.1) is 0 Å². The van der Waals surface area contributed by atoms with Gasteiger partial charge >= 0.3 is 0 Å². The molecule has 0 aliphatic heterocycles. The van der Waals surface area contributed by atoms with E-state index >= 15 is 0 Å². The van der Waals surface area contributed by atoms with Gasteiger partial charge in [-0.05, 0) is 97.7 Å². The lowest BCUT2D eigenvalue weighted by molar-refractivity contribution is -0.119. The Labute approximate surface area is 175 Å². The van der Waals surface area contributed by atoms with Crippen LogP contribution in [0.15, 0.2) is 42.3 Å². The Kier molecular flexibility index (Phi) is 4.88. The molecule has 0 aromatic carbocycles. The fraction of sp³-hybridized carbons (Fsp3) is 0.615. The highest BCUT2D eigenvalue weighted by molar-refractivity contribution is 5.73. The predicted molar refractivity (Wildman–Crippen MR) is 117 cm³/mol. The van der Waals surface area contributed by atoms with E-state index in [1.165, 1.54) is 44.1 Å². The molecule has 1 N–H and O–H groups in total. The highest BCUT2D eigenvalue weighted by atomic mass is 16.1. The van der Waals surface area contributed by atoms with Gasteiger partial charge in [0.2, 0.25) is 5.91 Å². The van der Waals surface area contributed by atoms with Crippen LogP contribution < -0.4 is 5.32 Å². The standard InChI is InChI=1S/C26H34N2O/c1-17(29)28-22-11-12-26(2)21(15-22)7-9-24-19-5-8-23(20-4-3-13-27-16-20)18(14-19)6-10-25(24)26/h3-4,7-8,13,16,18-19,22,24-25H,5-6,9-12,14-15H2,1-2H3,(H,28,29)/t18-,19-,22-,24+,25+,26+/m1/s1. The third kappa shape index (κ3) is 3.37. The van der Waals surface area contributed by atoms with Gasteiger partial charge in [-0.3, -0.25) is 9.78 Å². The molecule has 4 aliphatic carbocycles. The van der Waals surface area contributed by atoms with Crippen LogP contribution in [0.1, 0.15) is 70.8 Å². The van der Waals surface area contributed by atoms with E-state index in [9.17, 15) is 4.79 Å². The molecule has 6 atom stereocenters. The molecule has 2 saturated carbocycles. The third-order valence-corrected chi connectivity index (χ3v) is 8.69. The summed E-state index contributed by atoms with van der Waals surface area (Å²) in [6, 6.07) is 4.65. The molecule has 3 nitrogen and oxygen atoms in total. The number of amides is 1. The van der Waals surface area contributed by atoms with Crippen LogP contribution in [0.2, 0.25) is 0 Å². The fourth-order valence-corrected chi connectivity index (χ4v) is 7.28. The van der Waals surface area contributed by atoms with Gasteiger partial charge in [0.25, 0.3) is 0 Å². The zero-order valence-electron chi connectivity index (χ0n) is 17.9. The second kappa shape index (κ2) is 7.41. The van der Waals surface area contributed by atoms with E-state index in [-0.39, 0.29) is 5.91 Å². The summed E-state index contributed by atoms with van der Waals surface area (Å²) in [4.78, 5) is 15.9. The van der Waals surface area contributed by atoms with Crippen LogP contribution in [-0.2, 0) is 4.79 Å². The number of pyridine rings is 1. The van der Waals surface area contributed by atoms with Crippen LogP contribution >= 0.6 is 0 Å². The van der Waals surface area contributed by atoms with Crippen LogP contribution in [0.5, 0.6) is 0 Å². The average molecular weight is 391 g/mol. The monoisotopic (exact) mass is 390 g/mol. The number of fused-ring (bicyclic) bond motifs is 6. The summed E-state index contributed by atoms with van der Waals surface area (Å²) in [5, 5.41) is 3.18. The molecule has 0 unspecified atom stereocenters. The van der Waals surface area contributed by atoms with Gasteiger partial charge in [-0.1, -0.05) is 30.7 Å². The van der Waals surface area contributed by atoms with Gasteiger partial charge in [0, 0.05) is 25.4 Å². The summed E-state index contributed by atoms with van der Waals surface area (Å²) in [5.41, 5.74) is 4.87. The minimum atomic E-state index is 0.116. The van der Waals surface area contributed by atoms with E-state index in [2.05, 4.69) is 41.5 Å². The number of nitrogens with zero attached hydrogens (tertiary/aromatic N) is 1.